The van der Waals surface area contributed by atoms with Gasteiger partial charge in [-0.05, 0) is 35.1 Å². The lowest BCUT2D eigenvalue weighted by Gasteiger charge is -2.20. The van der Waals surface area contributed by atoms with Crippen molar-refractivity contribution in [3.8, 4) is 5.75 Å². The molecule has 0 heterocycles. The van der Waals surface area contributed by atoms with Gasteiger partial charge in [0.2, 0.25) is 0 Å². The van der Waals surface area contributed by atoms with Crippen LogP contribution in [-0.4, -0.2) is 0 Å². The fraction of sp³-hybridized carbons (Fsp3) is 0.368. The van der Waals surface area contributed by atoms with Crippen molar-refractivity contribution in [3.63, 3.8) is 0 Å². The Balaban J connectivity index is 2.24. The van der Waals surface area contributed by atoms with Crippen LogP contribution in [0.4, 0.5) is 13.2 Å². The van der Waals surface area contributed by atoms with Crippen LogP contribution in [0.2, 0.25) is 0 Å². The molecule has 0 radical (unpaired) electrons. The fourth-order valence-electron chi connectivity index (χ4n) is 2.38. The quantitative estimate of drug-likeness (QED) is 0.683. The molecule has 4 heteroatoms. The maximum Gasteiger partial charge on any atom is 0.419 e. The van der Waals surface area contributed by atoms with Crippen molar-refractivity contribution in [2.75, 3.05) is 0 Å². The Labute approximate surface area is 135 Å². The maximum absolute atomic E-state index is 13.3. The number of rotatable bonds is 4. The molecule has 2 aromatic rings. The normalized spacial score (nSPS) is 12.3. The SMILES string of the molecule is CC(C)(C)Cc1ccc(OCc2ccccc2)c(C(F)(F)F)c1. The van der Waals surface area contributed by atoms with Gasteiger partial charge in [0.25, 0.3) is 0 Å². The Morgan fingerprint density at radius 3 is 2.09 bits per heavy atom. The van der Waals surface area contributed by atoms with Crippen LogP contribution in [0.3, 0.4) is 0 Å². The Bertz CT molecular complexity index is 640. The highest BCUT2D eigenvalue weighted by atomic mass is 19.4. The van der Waals surface area contributed by atoms with E-state index in [1.807, 2.05) is 51.1 Å². The Hall–Kier alpha value is -1.97. The molecule has 0 amide bonds. The number of halogens is 3. The second-order valence-corrected chi connectivity index (χ2v) is 6.84. The van der Waals surface area contributed by atoms with Crippen molar-refractivity contribution in [3.05, 3.63) is 65.2 Å². The molecule has 23 heavy (non-hydrogen) atoms. The predicted molar refractivity (Wildman–Crippen MR) is 85.4 cm³/mol. The molecule has 0 saturated carbocycles. The Kier molecular flexibility index (Phi) is 5.03. The molecule has 0 aliphatic carbocycles. The summed E-state index contributed by atoms with van der Waals surface area (Å²) in [6.07, 6.45) is -3.85. The molecular weight excluding hydrogens is 301 g/mol. The number of alkyl halides is 3. The first kappa shape index (κ1) is 17.4. The topological polar surface area (TPSA) is 9.23 Å². The van der Waals surface area contributed by atoms with Crippen LogP contribution < -0.4 is 4.74 Å². The summed E-state index contributed by atoms with van der Waals surface area (Å²) in [6, 6.07) is 13.5. The minimum absolute atomic E-state index is 0.0741. The monoisotopic (exact) mass is 322 g/mol. The summed E-state index contributed by atoms with van der Waals surface area (Å²) in [7, 11) is 0. The summed E-state index contributed by atoms with van der Waals surface area (Å²) in [5.41, 5.74) is 0.710. The second kappa shape index (κ2) is 6.65. The average molecular weight is 322 g/mol. The number of benzene rings is 2. The third-order valence-electron chi connectivity index (χ3n) is 3.32. The molecule has 0 unspecified atom stereocenters. The highest BCUT2D eigenvalue weighted by molar-refractivity contribution is 5.40. The van der Waals surface area contributed by atoms with Gasteiger partial charge in [0.1, 0.15) is 12.4 Å². The molecular formula is C19H21F3O. The minimum atomic E-state index is -4.43. The van der Waals surface area contributed by atoms with Gasteiger partial charge in [-0.15, -0.1) is 0 Å². The molecule has 2 aromatic carbocycles. The van der Waals surface area contributed by atoms with Crippen molar-refractivity contribution >= 4 is 0 Å². The molecule has 0 spiro atoms. The van der Waals surface area contributed by atoms with Gasteiger partial charge in [0.15, 0.2) is 0 Å². The van der Waals surface area contributed by atoms with E-state index in [1.165, 1.54) is 12.1 Å². The zero-order chi connectivity index (χ0) is 17.1. The molecule has 2 rings (SSSR count). The van der Waals surface area contributed by atoms with Crippen LogP contribution >= 0.6 is 0 Å². The van der Waals surface area contributed by atoms with Crippen molar-refractivity contribution in [1.29, 1.82) is 0 Å². The highest BCUT2D eigenvalue weighted by Gasteiger charge is 2.35. The second-order valence-electron chi connectivity index (χ2n) is 6.84. The Morgan fingerprint density at radius 1 is 0.870 bits per heavy atom. The summed E-state index contributed by atoms with van der Waals surface area (Å²) in [5, 5.41) is 0. The summed E-state index contributed by atoms with van der Waals surface area (Å²) < 4.78 is 45.3. The van der Waals surface area contributed by atoms with Gasteiger partial charge in [-0.25, -0.2) is 0 Å². The van der Waals surface area contributed by atoms with E-state index >= 15 is 0 Å². The Morgan fingerprint density at radius 2 is 1.52 bits per heavy atom. The van der Waals surface area contributed by atoms with E-state index in [-0.39, 0.29) is 17.8 Å². The summed E-state index contributed by atoms with van der Waals surface area (Å²) in [5.74, 6) is -0.126. The molecule has 0 N–H and O–H groups in total. The molecule has 0 bridgehead atoms. The van der Waals surface area contributed by atoms with E-state index in [0.29, 0.717) is 12.0 Å². The van der Waals surface area contributed by atoms with Crippen LogP contribution in [0.5, 0.6) is 5.75 Å². The maximum atomic E-state index is 13.3. The summed E-state index contributed by atoms with van der Waals surface area (Å²) in [6.45, 7) is 6.11. The lowest BCUT2D eigenvalue weighted by atomic mass is 9.87. The van der Waals surface area contributed by atoms with Crippen molar-refractivity contribution in [1.82, 2.24) is 0 Å². The lowest BCUT2D eigenvalue weighted by Crippen LogP contribution is -2.13. The van der Waals surface area contributed by atoms with E-state index in [1.54, 1.807) is 6.07 Å². The molecule has 0 fully saturated rings. The smallest absolute Gasteiger partial charge is 0.419 e. The van der Waals surface area contributed by atoms with Gasteiger partial charge in [-0.2, -0.15) is 13.2 Å². The fourth-order valence-corrected chi connectivity index (χ4v) is 2.38. The molecule has 0 aliphatic heterocycles. The van der Waals surface area contributed by atoms with Crippen LogP contribution in [0, 0.1) is 5.41 Å². The standard InChI is InChI=1S/C19H21F3O/c1-18(2,3)12-15-9-10-17(16(11-15)19(20,21)22)23-13-14-7-5-4-6-8-14/h4-11H,12-13H2,1-3H3. The van der Waals surface area contributed by atoms with Gasteiger partial charge in [-0.1, -0.05) is 57.2 Å². The minimum Gasteiger partial charge on any atom is -0.488 e. The first-order valence-electron chi connectivity index (χ1n) is 7.52. The van der Waals surface area contributed by atoms with Gasteiger partial charge < -0.3 is 4.74 Å². The lowest BCUT2D eigenvalue weighted by molar-refractivity contribution is -0.139. The first-order chi connectivity index (χ1) is 10.6. The summed E-state index contributed by atoms with van der Waals surface area (Å²) in [4.78, 5) is 0. The van der Waals surface area contributed by atoms with Gasteiger partial charge in [0.05, 0.1) is 5.56 Å². The van der Waals surface area contributed by atoms with Gasteiger partial charge in [0, 0.05) is 0 Å². The van der Waals surface area contributed by atoms with E-state index in [4.69, 9.17) is 4.74 Å². The van der Waals surface area contributed by atoms with E-state index in [2.05, 4.69) is 0 Å². The third kappa shape index (κ3) is 5.31. The van der Waals surface area contributed by atoms with Crippen molar-refractivity contribution < 1.29 is 17.9 Å². The van der Waals surface area contributed by atoms with E-state index < -0.39 is 11.7 Å². The average Bonchev–Trinajstić information content (AvgIpc) is 2.44. The van der Waals surface area contributed by atoms with Crippen LogP contribution in [0.25, 0.3) is 0 Å². The molecule has 0 saturated heterocycles. The zero-order valence-corrected chi connectivity index (χ0v) is 13.6. The van der Waals surface area contributed by atoms with Gasteiger partial charge in [-0.3, -0.25) is 0 Å². The van der Waals surface area contributed by atoms with Crippen LogP contribution in [0.15, 0.2) is 48.5 Å². The number of hydrogen-bond acceptors (Lipinski definition) is 1. The van der Waals surface area contributed by atoms with E-state index in [9.17, 15) is 13.2 Å². The number of ether oxygens (including phenoxy) is 1. The molecule has 0 aliphatic rings. The van der Waals surface area contributed by atoms with Crippen LogP contribution in [-0.2, 0) is 19.2 Å². The highest BCUT2D eigenvalue weighted by Crippen LogP contribution is 2.38. The molecule has 1 nitrogen and oxygen atoms in total. The largest absolute Gasteiger partial charge is 0.488 e. The van der Waals surface area contributed by atoms with Crippen LogP contribution in [0.1, 0.15) is 37.5 Å². The zero-order valence-electron chi connectivity index (χ0n) is 13.6. The molecule has 124 valence electrons. The predicted octanol–water partition coefficient (Wildman–Crippen LogP) is 5.87. The number of hydrogen-bond donors (Lipinski definition) is 0. The third-order valence-corrected chi connectivity index (χ3v) is 3.32. The molecule has 0 atom stereocenters. The molecule has 0 aromatic heterocycles. The van der Waals surface area contributed by atoms with Crippen molar-refractivity contribution in [2.24, 2.45) is 5.41 Å². The first-order valence-corrected chi connectivity index (χ1v) is 7.52. The summed E-state index contributed by atoms with van der Waals surface area (Å²) >= 11 is 0. The van der Waals surface area contributed by atoms with E-state index in [0.717, 1.165) is 5.56 Å². The van der Waals surface area contributed by atoms with Gasteiger partial charge >= 0.3 is 6.18 Å². The van der Waals surface area contributed by atoms with Crippen molar-refractivity contribution in [2.45, 2.75) is 40.0 Å².